The molecule has 2 N–H and O–H groups in total. The fraction of sp³-hybridized carbons (Fsp3) is 0.200. The van der Waals surface area contributed by atoms with Gasteiger partial charge >= 0.3 is 0 Å². The Morgan fingerprint density at radius 2 is 2.10 bits per heavy atom. The summed E-state index contributed by atoms with van der Waals surface area (Å²) in [5.74, 6) is -0.663. The van der Waals surface area contributed by atoms with E-state index in [2.05, 4.69) is 15.9 Å². The van der Waals surface area contributed by atoms with Gasteiger partial charge in [-0.3, -0.25) is 4.79 Å². The summed E-state index contributed by atoms with van der Waals surface area (Å²) in [5.41, 5.74) is 7.69. The van der Waals surface area contributed by atoms with Gasteiger partial charge in [-0.25, -0.2) is 0 Å². The number of hydrogen-bond donors (Lipinski definition) is 1. The van der Waals surface area contributed by atoms with Gasteiger partial charge in [0.25, 0.3) is 0 Å². The van der Waals surface area contributed by atoms with E-state index in [1.807, 2.05) is 41.8 Å². The predicted molar refractivity (Wildman–Crippen MR) is 94.5 cm³/mol. The molecule has 1 amide bonds. The molecule has 2 rings (SSSR count). The lowest BCUT2D eigenvalue weighted by molar-refractivity contribution is -0.130. The molecular formula is C15H15BrN2OS2. The number of nitrogens with two attached hydrogens (primary N) is 1. The van der Waals surface area contributed by atoms with Crippen molar-refractivity contribution in [1.29, 1.82) is 0 Å². The number of likely N-dealkylation sites (N-methyl/N-ethyl adjacent to an activating group) is 1. The number of rotatable bonds is 5. The van der Waals surface area contributed by atoms with Crippen molar-refractivity contribution in [3.63, 3.8) is 0 Å². The smallest absolute Gasteiger partial charge is 0.237 e. The summed E-state index contributed by atoms with van der Waals surface area (Å²) in [6, 6.07) is 11.4. The first-order chi connectivity index (χ1) is 9.99. The van der Waals surface area contributed by atoms with E-state index < -0.39 is 5.92 Å². The molecule has 3 nitrogen and oxygen atoms in total. The van der Waals surface area contributed by atoms with Gasteiger partial charge in [0.05, 0.1) is 8.77 Å². The maximum atomic E-state index is 12.6. The molecule has 0 aliphatic heterocycles. The van der Waals surface area contributed by atoms with E-state index in [4.69, 9.17) is 18.0 Å². The molecule has 110 valence electrons. The van der Waals surface area contributed by atoms with Crippen LogP contribution in [0.15, 0.2) is 45.6 Å². The molecule has 1 heterocycles. The number of amides is 1. The second kappa shape index (κ2) is 7.15. The molecule has 1 atom stereocenters. The summed E-state index contributed by atoms with van der Waals surface area (Å²) in [6.07, 6.45) is 0. The van der Waals surface area contributed by atoms with E-state index in [9.17, 15) is 4.79 Å². The topological polar surface area (TPSA) is 46.3 Å². The van der Waals surface area contributed by atoms with Gasteiger partial charge < -0.3 is 10.6 Å². The Kier molecular flexibility index (Phi) is 5.50. The van der Waals surface area contributed by atoms with Crippen LogP contribution in [0.3, 0.4) is 0 Å². The molecule has 0 bridgehead atoms. The van der Waals surface area contributed by atoms with Crippen molar-refractivity contribution in [3.8, 4) is 0 Å². The third-order valence-corrected chi connectivity index (χ3v) is 4.87. The highest BCUT2D eigenvalue weighted by Gasteiger charge is 2.26. The fourth-order valence-electron chi connectivity index (χ4n) is 2.07. The number of halogens is 1. The van der Waals surface area contributed by atoms with Crippen LogP contribution in [0.5, 0.6) is 0 Å². The van der Waals surface area contributed by atoms with Crippen LogP contribution >= 0.6 is 39.5 Å². The minimum Gasteiger partial charge on any atom is -0.392 e. The molecule has 2 aromatic rings. The molecule has 21 heavy (non-hydrogen) atoms. The number of thiophene rings is 1. The van der Waals surface area contributed by atoms with E-state index in [0.717, 1.165) is 14.9 Å². The van der Waals surface area contributed by atoms with Crippen LogP contribution in [-0.4, -0.2) is 22.8 Å². The first-order valence-electron chi connectivity index (χ1n) is 6.31. The van der Waals surface area contributed by atoms with Gasteiger partial charge in [-0.1, -0.05) is 42.5 Å². The minimum absolute atomic E-state index is 0.0870. The van der Waals surface area contributed by atoms with Crippen LogP contribution in [0.25, 0.3) is 0 Å². The number of thiocarbonyl (C=S) groups is 1. The van der Waals surface area contributed by atoms with Crippen molar-refractivity contribution in [1.82, 2.24) is 4.90 Å². The zero-order valence-electron chi connectivity index (χ0n) is 11.5. The van der Waals surface area contributed by atoms with Crippen molar-refractivity contribution < 1.29 is 4.79 Å². The lowest BCUT2D eigenvalue weighted by atomic mass is 9.97. The normalized spacial score (nSPS) is 11.9. The van der Waals surface area contributed by atoms with Gasteiger partial charge in [0, 0.05) is 13.6 Å². The Labute approximate surface area is 141 Å². The van der Waals surface area contributed by atoms with Crippen LogP contribution in [-0.2, 0) is 11.3 Å². The zero-order chi connectivity index (χ0) is 15.4. The molecule has 0 saturated carbocycles. The molecule has 1 unspecified atom stereocenters. The van der Waals surface area contributed by atoms with E-state index in [1.165, 1.54) is 0 Å². The van der Waals surface area contributed by atoms with Crippen molar-refractivity contribution in [2.75, 3.05) is 7.05 Å². The maximum Gasteiger partial charge on any atom is 0.237 e. The number of benzene rings is 1. The van der Waals surface area contributed by atoms with Gasteiger partial charge in [0.1, 0.15) is 5.92 Å². The molecule has 1 aromatic heterocycles. The van der Waals surface area contributed by atoms with E-state index in [1.54, 1.807) is 23.3 Å². The highest BCUT2D eigenvalue weighted by Crippen LogP contribution is 2.23. The lowest BCUT2D eigenvalue weighted by Crippen LogP contribution is -2.37. The summed E-state index contributed by atoms with van der Waals surface area (Å²) < 4.78 is 1.05. The number of carbonyl (C=O) groups excluding carboxylic acids is 1. The van der Waals surface area contributed by atoms with E-state index in [0.29, 0.717) is 6.54 Å². The third kappa shape index (κ3) is 4.12. The Morgan fingerprint density at radius 3 is 2.62 bits per heavy atom. The van der Waals surface area contributed by atoms with Crippen molar-refractivity contribution >= 4 is 50.4 Å². The third-order valence-electron chi connectivity index (χ3n) is 3.08. The molecule has 0 aliphatic carbocycles. The maximum absolute atomic E-state index is 12.6. The van der Waals surface area contributed by atoms with Gasteiger partial charge in [-0.05, 0) is 38.5 Å². The summed E-state index contributed by atoms with van der Waals surface area (Å²) in [7, 11) is 1.77. The minimum atomic E-state index is -0.576. The van der Waals surface area contributed by atoms with Crippen LogP contribution < -0.4 is 5.73 Å². The second-order valence-corrected chi connectivity index (χ2v) is 7.46. The molecule has 0 radical (unpaired) electrons. The summed E-state index contributed by atoms with van der Waals surface area (Å²) >= 11 is 10.1. The Balaban J connectivity index is 2.17. The first kappa shape index (κ1) is 16.1. The molecule has 0 aliphatic rings. The van der Waals surface area contributed by atoms with E-state index >= 15 is 0 Å². The Bertz CT molecular complexity index is 642. The van der Waals surface area contributed by atoms with E-state index in [-0.39, 0.29) is 10.9 Å². The summed E-state index contributed by atoms with van der Waals surface area (Å²) in [4.78, 5) is 14.5. The Hall–Kier alpha value is -1.24. The average Bonchev–Trinajstić information content (AvgIpc) is 2.85. The molecule has 0 spiro atoms. The largest absolute Gasteiger partial charge is 0.392 e. The zero-order valence-corrected chi connectivity index (χ0v) is 14.7. The quantitative estimate of drug-likeness (QED) is 0.804. The standard InChI is InChI=1S/C15H15BrN2OS2/c1-18(8-10-7-12(16)21-9-10)15(19)13(14(17)20)11-5-3-2-4-6-11/h2-7,9,13H,8H2,1H3,(H2,17,20). The fourth-order valence-corrected chi connectivity index (χ4v) is 3.51. The molecule has 0 fully saturated rings. The highest BCUT2D eigenvalue weighted by atomic mass is 79.9. The van der Waals surface area contributed by atoms with Crippen molar-refractivity contribution in [2.45, 2.75) is 12.5 Å². The lowest BCUT2D eigenvalue weighted by Gasteiger charge is -2.23. The molecular weight excluding hydrogens is 368 g/mol. The van der Waals surface area contributed by atoms with Crippen LogP contribution in [0.4, 0.5) is 0 Å². The van der Waals surface area contributed by atoms with Crippen LogP contribution in [0.2, 0.25) is 0 Å². The SMILES string of the molecule is CN(Cc1csc(Br)c1)C(=O)C(C(N)=S)c1ccccc1. The van der Waals surface area contributed by atoms with Gasteiger partial charge in [-0.2, -0.15) is 0 Å². The highest BCUT2D eigenvalue weighted by molar-refractivity contribution is 9.11. The first-order valence-corrected chi connectivity index (χ1v) is 8.39. The van der Waals surface area contributed by atoms with Gasteiger partial charge in [0.15, 0.2) is 0 Å². The number of nitrogens with zero attached hydrogens (tertiary/aromatic N) is 1. The molecule has 0 saturated heterocycles. The Morgan fingerprint density at radius 1 is 1.43 bits per heavy atom. The van der Waals surface area contributed by atoms with Crippen LogP contribution in [0, 0.1) is 0 Å². The molecule has 1 aromatic carbocycles. The predicted octanol–water partition coefficient (Wildman–Crippen LogP) is 3.54. The van der Waals surface area contributed by atoms with Gasteiger partial charge in [0.2, 0.25) is 5.91 Å². The van der Waals surface area contributed by atoms with Crippen LogP contribution in [0.1, 0.15) is 17.0 Å². The summed E-state index contributed by atoms with van der Waals surface area (Å²) in [5, 5.41) is 2.02. The second-order valence-electron chi connectivity index (χ2n) is 4.70. The van der Waals surface area contributed by atoms with Crippen molar-refractivity contribution in [2.24, 2.45) is 5.73 Å². The molecule has 6 heteroatoms. The summed E-state index contributed by atoms with van der Waals surface area (Å²) in [6.45, 7) is 0.535. The monoisotopic (exact) mass is 382 g/mol. The van der Waals surface area contributed by atoms with Crippen molar-refractivity contribution in [3.05, 3.63) is 56.7 Å². The van der Waals surface area contributed by atoms with Gasteiger partial charge in [-0.15, -0.1) is 11.3 Å². The number of carbonyl (C=O) groups is 1. The number of hydrogen-bond acceptors (Lipinski definition) is 3. The average molecular weight is 383 g/mol.